The van der Waals surface area contributed by atoms with Crippen LogP contribution in [0.15, 0.2) is 65.8 Å². The van der Waals surface area contributed by atoms with Crippen LogP contribution in [0.2, 0.25) is 0 Å². The van der Waals surface area contributed by atoms with Crippen LogP contribution in [0.4, 0.5) is 0 Å². The molecule has 0 spiro atoms. The lowest BCUT2D eigenvalue weighted by Crippen LogP contribution is -2.10. The molecule has 4 aromatic rings. The van der Waals surface area contributed by atoms with Gasteiger partial charge in [-0.2, -0.15) is 0 Å². The molecule has 170 valence electrons. The first-order valence-electron chi connectivity index (χ1n) is 11.4. The van der Waals surface area contributed by atoms with E-state index < -0.39 is 5.97 Å². The lowest BCUT2D eigenvalue weighted by atomic mass is 9.85. The van der Waals surface area contributed by atoms with Crippen molar-refractivity contribution in [3.8, 4) is 5.69 Å². The minimum atomic E-state index is -0.433. The summed E-state index contributed by atoms with van der Waals surface area (Å²) in [5.74, 6) is -0.433. The molecule has 0 aliphatic carbocycles. The van der Waals surface area contributed by atoms with E-state index in [0.29, 0.717) is 0 Å². The minimum Gasteiger partial charge on any atom is -0.319 e. The molecule has 4 nitrogen and oxygen atoms in total. The van der Waals surface area contributed by atoms with Crippen molar-refractivity contribution >= 4 is 34.0 Å². The van der Waals surface area contributed by atoms with E-state index in [1.165, 1.54) is 39.9 Å². The molecule has 0 atom stereocenters. The predicted octanol–water partition coefficient (Wildman–Crippen LogP) is 7.28. The normalized spacial score (nSPS) is 12.7. The molecular weight excluding hydrogens is 408 g/mol. The molecule has 4 heteroatoms. The Morgan fingerprint density at radius 2 is 1.27 bits per heavy atom. The summed E-state index contributed by atoms with van der Waals surface area (Å²) in [6.45, 7) is 14.9. The number of carbonyl (C=O) groups excluding carboxylic acids is 1. The van der Waals surface area contributed by atoms with Gasteiger partial charge < -0.3 is 9.40 Å². The van der Waals surface area contributed by atoms with Crippen molar-refractivity contribution in [3.05, 3.63) is 77.4 Å². The van der Waals surface area contributed by atoms with Gasteiger partial charge in [0.15, 0.2) is 0 Å². The summed E-state index contributed by atoms with van der Waals surface area (Å²) in [5.41, 5.74) is 7.12. The van der Waals surface area contributed by atoms with Crippen LogP contribution in [0.5, 0.6) is 0 Å². The van der Waals surface area contributed by atoms with E-state index in [4.69, 9.17) is 0 Å². The molecule has 0 bridgehead atoms. The predicted molar refractivity (Wildman–Crippen MR) is 138 cm³/mol. The van der Waals surface area contributed by atoms with Gasteiger partial charge in [0.25, 0.3) is 0 Å². The first kappa shape index (κ1) is 22.8. The number of carbonyl (C=O) groups is 1. The molecule has 0 saturated carbocycles. The van der Waals surface area contributed by atoms with Gasteiger partial charge in [-0.15, -0.1) is 0 Å². The standard InChI is InChI=1S/C29H32N2O2/c1-19(32)33-30-18-20-8-12-23(13-9-20)31-26-14-10-21(28(2,3)4)16-24(26)25-17-22(29(5,6)7)11-15-27(25)31/h8-18H,1-7H3/b30-18+. The highest BCUT2D eigenvalue weighted by molar-refractivity contribution is 6.09. The fourth-order valence-electron chi connectivity index (χ4n) is 4.11. The molecule has 0 fully saturated rings. The molecule has 0 amide bonds. The molecule has 0 unspecified atom stereocenters. The van der Waals surface area contributed by atoms with E-state index in [-0.39, 0.29) is 10.8 Å². The Kier molecular flexibility index (Phi) is 5.65. The molecule has 0 saturated heterocycles. The SMILES string of the molecule is CC(=O)O/N=C/c1ccc(-n2c3ccc(C(C)(C)C)cc3c3cc(C(C)(C)C)ccc32)cc1. The number of oxime groups is 1. The van der Waals surface area contributed by atoms with Crippen LogP contribution in [0.1, 0.15) is 65.2 Å². The molecule has 0 aliphatic heterocycles. The molecule has 1 aromatic heterocycles. The molecule has 1 heterocycles. The minimum absolute atomic E-state index is 0.0766. The van der Waals surface area contributed by atoms with Crippen LogP contribution in [0.25, 0.3) is 27.5 Å². The summed E-state index contributed by atoms with van der Waals surface area (Å²) in [5, 5.41) is 6.25. The van der Waals surface area contributed by atoms with Crippen molar-refractivity contribution in [1.29, 1.82) is 0 Å². The molecule has 0 N–H and O–H groups in total. The first-order valence-corrected chi connectivity index (χ1v) is 11.4. The van der Waals surface area contributed by atoms with Crippen LogP contribution in [0.3, 0.4) is 0 Å². The van der Waals surface area contributed by atoms with Gasteiger partial charge in [-0.25, -0.2) is 4.79 Å². The maximum atomic E-state index is 10.9. The molecule has 4 rings (SSSR count). The van der Waals surface area contributed by atoms with Crippen molar-refractivity contribution in [1.82, 2.24) is 4.57 Å². The summed E-state index contributed by atoms with van der Waals surface area (Å²) in [4.78, 5) is 15.6. The lowest BCUT2D eigenvalue weighted by Gasteiger charge is -2.19. The third-order valence-electron chi connectivity index (χ3n) is 6.03. The monoisotopic (exact) mass is 440 g/mol. The highest BCUT2D eigenvalue weighted by Crippen LogP contribution is 2.37. The van der Waals surface area contributed by atoms with Gasteiger partial charge >= 0.3 is 5.97 Å². The first-order chi connectivity index (χ1) is 15.4. The fourth-order valence-corrected chi connectivity index (χ4v) is 4.11. The van der Waals surface area contributed by atoms with Crippen LogP contribution in [-0.4, -0.2) is 16.8 Å². The van der Waals surface area contributed by atoms with E-state index in [2.05, 4.69) is 105 Å². The Morgan fingerprint density at radius 3 is 1.70 bits per heavy atom. The van der Waals surface area contributed by atoms with Crippen molar-refractivity contribution in [2.75, 3.05) is 0 Å². The number of hydrogen-bond acceptors (Lipinski definition) is 3. The van der Waals surface area contributed by atoms with Gasteiger partial charge in [-0.1, -0.05) is 71.0 Å². The van der Waals surface area contributed by atoms with E-state index >= 15 is 0 Å². The third kappa shape index (κ3) is 4.56. The Morgan fingerprint density at radius 1 is 0.788 bits per heavy atom. The van der Waals surface area contributed by atoms with Crippen LogP contribution >= 0.6 is 0 Å². The van der Waals surface area contributed by atoms with Crippen molar-refractivity contribution in [2.24, 2.45) is 5.16 Å². The van der Waals surface area contributed by atoms with Crippen LogP contribution < -0.4 is 0 Å². The van der Waals surface area contributed by atoms with Crippen molar-refractivity contribution < 1.29 is 9.63 Å². The summed E-state index contributed by atoms with van der Waals surface area (Å²) in [6.07, 6.45) is 1.54. The second-order valence-electron chi connectivity index (χ2n) is 10.7. The zero-order valence-corrected chi connectivity index (χ0v) is 20.6. The number of fused-ring (bicyclic) bond motifs is 3. The van der Waals surface area contributed by atoms with Gasteiger partial charge in [-0.3, -0.25) is 0 Å². The van der Waals surface area contributed by atoms with Gasteiger partial charge in [0, 0.05) is 23.4 Å². The summed E-state index contributed by atoms with van der Waals surface area (Å²) in [6, 6.07) is 21.8. The number of hydrogen-bond donors (Lipinski definition) is 0. The maximum Gasteiger partial charge on any atom is 0.331 e. The molecule has 33 heavy (non-hydrogen) atoms. The quantitative estimate of drug-likeness (QED) is 0.191. The van der Waals surface area contributed by atoms with Gasteiger partial charge in [0.05, 0.1) is 17.2 Å². The Balaban J connectivity index is 1.92. The zero-order valence-electron chi connectivity index (χ0n) is 20.6. The third-order valence-corrected chi connectivity index (χ3v) is 6.03. The summed E-state index contributed by atoms with van der Waals surface area (Å²) in [7, 11) is 0. The zero-order chi connectivity index (χ0) is 24.0. The summed E-state index contributed by atoms with van der Waals surface area (Å²) < 4.78 is 2.32. The Hall–Kier alpha value is -3.40. The highest BCUT2D eigenvalue weighted by Gasteiger charge is 2.20. The van der Waals surface area contributed by atoms with E-state index in [0.717, 1.165) is 11.3 Å². The van der Waals surface area contributed by atoms with Crippen LogP contribution in [-0.2, 0) is 20.5 Å². The highest BCUT2D eigenvalue weighted by atomic mass is 16.7. The molecule has 0 radical (unpaired) electrons. The van der Waals surface area contributed by atoms with Gasteiger partial charge in [-0.05, 0) is 63.9 Å². The average Bonchev–Trinajstić information content (AvgIpc) is 3.06. The molecular formula is C29H32N2O2. The van der Waals surface area contributed by atoms with Crippen molar-refractivity contribution in [3.63, 3.8) is 0 Å². The fraction of sp³-hybridized carbons (Fsp3) is 0.310. The smallest absolute Gasteiger partial charge is 0.319 e. The van der Waals surface area contributed by atoms with Crippen molar-refractivity contribution in [2.45, 2.75) is 59.3 Å². The number of benzene rings is 3. The second kappa shape index (κ2) is 8.18. The molecule has 0 aliphatic rings. The Labute approximate surface area is 195 Å². The van der Waals surface area contributed by atoms with E-state index in [9.17, 15) is 4.79 Å². The topological polar surface area (TPSA) is 43.6 Å². The maximum absolute atomic E-state index is 10.9. The summed E-state index contributed by atoms with van der Waals surface area (Å²) >= 11 is 0. The number of rotatable bonds is 3. The number of nitrogens with zero attached hydrogens (tertiary/aromatic N) is 2. The van der Waals surface area contributed by atoms with Gasteiger partial charge in [0.1, 0.15) is 0 Å². The molecule has 3 aromatic carbocycles. The Bertz CT molecular complexity index is 1290. The number of aromatic nitrogens is 1. The lowest BCUT2D eigenvalue weighted by molar-refractivity contribution is -0.140. The second-order valence-corrected chi connectivity index (χ2v) is 10.7. The van der Waals surface area contributed by atoms with Gasteiger partial charge in [0.2, 0.25) is 0 Å². The van der Waals surface area contributed by atoms with E-state index in [1.807, 2.05) is 12.1 Å². The largest absolute Gasteiger partial charge is 0.331 e. The van der Waals surface area contributed by atoms with Crippen LogP contribution in [0, 0.1) is 0 Å². The van der Waals surface area contributed by atoms with E-state index in [1.54, 1.807) is 6.21 Å². The average molecular weight is 441 g/mol.